The number of hydrogen-bond donors (Lipinski definition) is 0. The van der Waals surface area contributed by atoms with Crippen LogP contribution in [-0.2, 0) is 20.9 Å². The zero-order chi connectivity index (χ0) is 17.7. The Labute approximate surface area is 145 Å². The molecule has 0 saturated heterocycles. The molecular weight excluding hydrogens is 354 g/mol. The van der Waals surface area contributed by atoms with E-state index in [4.69, 9.17) is 4.74 Å². The van der Waals surface area contributed by atoms with Gasteiger partial charge in [0.25, 0.3) is 11.6 Å². The Morgan fingerprint density at radius 3 is 2.83 bits per heavy atom. The summed E-state index contributed by atoms with van der Waals surface area (Å²) in [6, 6.07) is 4.50. The lowest BCUT2D eigenvalue weighted by Gasteiger charge is -2.03. The Kier molecular flexibility index (Phi) is 6.23. The highest BCUT2D eigenvalue weighted by Crippen LogP contribution is 2.23. The molecule has 0 radical (unpaired) electrons. The number of aromatic nitrogens is 1. The Bertz CT molecular complexity index is 856. The first-order chi connectivity index (χ1) is 11.4. The third-order valence-corrected chi connectivity index (χ3v) is 4.85. The number of fused-ring (bicyclic) bond motifs is 1. The van der Waals surface area contributed by atoms with Gasteiger partial charge >= 0.3 is 0 Å². The third-order valence-electron chi connectivity index (χ3n) is 3.02. The van der Waals surface area contributed by atoms with Crippen LogP contribution in [0, 0.1) is 10.1 Å². The maximum absolute atomic E-state index is 11.9. The summed E-state index contributed by atoms with van der Waals surface area (Å²) < 4.78 is 7.50. The second kappa shape index (κ2) is 8.18. The number of nitrogens with zero attached hydrogens (tertiary/aromatic N) is 3. The number of nitro benzene ring substituents is 1. The van der Waals surface area contributed by atoms with Crippen molar-refractivity contribution in [1.82, 2.24) is 4.57 Å². The molecule has 0 unspecified atom stereocenters. The number of nitro groups is 1. The molecule has 0 bridgehead atoms. The molecule has 0 aliphatic carbocycles. The van der Waals surface area contributed by atoms with Gasteiger partial charge in [0.15, 0.2) is 9.92 Å². The number of carbonyl (C=O) groups excluding carboxylic acids is 2. The van der Waals surface area contributed by atoms with Crippen LogP contribution < -0.4 is 4.80 Å². The fraction of sp³-hybridized carbons (Fsp3) is 0.357. The van der Waals surface area contributed by atoms with Crippen LogP contribution in [0.4, 0.5) is 5.69 Å². The number of rotatable bonds is 6. The van der Waals surface area contributed by atoms with Crippen LogP contribution in [0.3, 0.4) is 0 Å². The van der Waals surface area contributed by atoms with Crippen molar-refractivity contribution >= 4 is 50.0 Å². The molecule has 2 rings (SSSR count). The van der Waals surface area contributed by atoms with Crippen LogP contribution in [0.2, 0.25) is 0 Å². The van der Waals surface area contributed by atoms with Crippen molar-refractivity contribution in [2.45, 2.75) is 13.5 Å². The minimum atomic E-state index is -0.468. The molecule has 2 aromatic rings. The van der Waals surface area contributed by atoms with Crippen molar-refractivity contribution in [3.63, 3.8) is 0 Å². The highest BCUT2D eigenvalue weighted by Gasteiger charge is 2.13. The van der Waals surface area contributed by atoms with E-state index in [0.717, 1.165) is 17.3 Å². The molecule has 0 aliphatic heterocycles. The number of non-ortho nitro benzene ring substituents is 1. The van der Waals surface area contributed by atoms with Gasteiger partial charge in [0.1, 0.15) is 0 Å². The van der Waals surface area contributed by atoms with Gasteiger partial charge in [0.2, 0.25) is 0 Å². The van der Waals surface area contributed by atoms with Crippen molar-refractivity contribution in [2.24, 2.45) is 4.99 Å². The molecule has 0 fully saturated rings. The van der Waals surface area contributed by atoms with Crippen LogP contribution in [0.15, 0.2) is 23.2 Å². The molecule has 1 aromatic carbocycles. The summed E-state index contributed by atoms with van der Waals surface area (Å²) in [5.41, 5.74) is 0.723. The molecule has 128 valence electrons. The van der Waals surface area contributed by atoms with Crippen molar-refractivity contribution in [1.29, 1.82) is 0 Å². The van der Waals surface area contributed by atoms with Gasteiger partial charge in [0, 0.05) is 32.7 Å². The van der Waals surface area contributed by atoms with Gasteiger partial charge in [-0.1, -0.05) is 23.1 Å². The molecule has 1 aromatic heterocycles. The zero-order valence-electron chi connectivity index (χ0n) is 13.1. The summed E-state index contributed by atoms with van der Waals surface area (Å²) >= 11 is 2.08. The highest BCUT2D eigenvalue weighted by atomic mass is 32.2. The molecule has 24 heavy (non-hydrogen) atoms. The Morgan fingerprint density at radius 2 is 2.21 bits per heavy atom. The predicted octanol–water partition coefficient (Wildman–Crippen LogP) is 1.96. The predicted molar refractivity (Wildman–Crippen MR) is 92.1 cm³/mol. The maximum atomic E-state index is 11.9. The second-order valence-corrected chi connectivity index (χ2v) is 6.89. The van der Waals surface area contributed by atoms with E-state index in [9.17, 15) is 19.7 Å². The van der Waals surface area contributed by atoms with Crippen LogP contribution in [0.5, 0.6) is 0 Å². The van der Waals surface area contributed by atoms with Gasteiger partial charge in [-0.2, -0.15) is 4.99 Å². The summed E-state index contributed by atoms with van der Waals surface area (Å²) in [4.78, 5) is 37.8. The van der Waals surface area contributed by atoms with Crippen molar-refractivity contribution in [2.75, 3.05) is 19.5 Å². The first-order valence-electron chi connectivity index (χ1n) is 6.90. The number of amides is 1. The van der Waals surface area contributed by atoms with E-state index in [0.29, 0.717) is 22.7 Å². The van der Waals surface area contributed by atoms with Gasteiger partial charge in [-0.15, -0.1) is 0 Å². The van der Waals surface area contributed by atoms with Crippen molar-refractivity contribution in [3.8, 4) is 0 Å². The lowest BCUT2D eigenvalue weighted by molar-refractivity contribution is -0.384. The first kappa shape index (κ1) is 18.3. The number of benzene rings is 1. The summed E-state index contributed by atoms with van der Waals surface area (Å²) in [5, 5.41) is 10.8. The lowest BCUT2D eigenvalue weighted by Crippen LogP contribution is -2.19. The van der Waals surface area contributed by atoms with E-state index < -0.39 is 10.8 Å². The van der Waals surface area contributed by atoms with Gasteiger partial charge in [-0.05, 0) is 6.07 Å². The second-order valence-electron chi connectivity index (χ2n) is 4.72. The zero-order valence-corrected chi connectivity index (χ0v) is 14.7. The van der Waals surface area contributed by atoms with E-state index >= 15 is 0 Å². The molecule has 0 aliphatic rings. The van der Waals surface area contributed by atoms with E-state index in [2.05, 4.69) is 4.99 Å². The number of methoxy groups -OCH3 is 1. The Balaban J connectivity index is 2.47. The number of carbonyl (C=O) groups is 2. The smallest absolute Gasteiger partial charge is 0.270 e. The SMILES string of the molecule is COCCn1c(=NC(=O)CSC(C)=O)sc2cc([N+](=O)[O-])ccc21. The van der Waals surface area contributed by atoms with Gasteiger partial charge in [0.05, 0.1) is 27.5 Å². The standard InChI is InChI=1S/C14H15N3O5S2/c1-9(18)23-8-13(19)15-14-16(5-6-22-2)11-4-3-10(17(20)21)7-12(11)24-14/h3-4,7H,5-6,8H2,1-2H3. The number of thioether (sulfide) groups is 1. The van der Waals surface area contributed by atoms with Crippen LogP contribution in [-0.4, -0.2) is 40.0 Å². The summed E-state index contributed by atoms with van der Waals surface area (Å²) in [6.07, 6.45) is 0. The number of thiazole rings is 1. The number of ether oxygens (including phenoxy) is 1. The van der Waals surface area contributed by atoms with E-state index in [-0.39, 0.29) is 16.6 Å². The minimum Gasteiger partial charge on any atom is -0.383 e. The van der Waals surface area contributed by atoms with Gasteiger partial charge < -0.3 is 9.30 Å². The quantitative estimate of drug-likeness (QED) is 0.569. The molecule has 1 amide bonds. The normalized spacial score (nSPS) is 11.8. The molecule has 0 saturated carbocycles. The fourth-order valence-electron chi connectivity index (χ4n) is 1.96. The summed E-state index contributed by atoms with van der Waals surface area (Å²) in [6.45, 7) is 2.25. The molecule has 1 heterocycles. The molecular formula is C14H15N3O5S2. The first-order valence-corrected chi connectivity index (χ1v) is 8.70. The van der Waals surface area contributed by atoms with E-state index in [1.165, 1.54) is 30.4 Å². The van der Waals surface area contributed by atoms with E-state index in [1.54, 1.807) is 17.7 Å². The van der Waals surface area contributed by atoms with Gasteiger partial charge in [-0.3, -0.25) is 19.7 Å². The summed E-state index contributed by atoms with van der Waals surface area (Å²) in [5.74, 6) is -0.462. The molecule has 0 N–H and O–H groups in total. The average Bonchev–Trinajstić information content (AvgIpc) is 2.87. The average molecular weight is 369 g/mol. The lowest BCUT2D eigenvalue weighted by atomic mass is 10.3. The van der Waals surface area contributed by atoms with Crippen LogP contribution in [0.1, 0.15) is 6.92 Å². The van der Waals surface area contributed by atoms with Gasteiger partial charge in [-0.25, -0.2) is 0 Å². The largest absolute Gasteiger partial charge is 0.383 e. The highest BCUT2D eigenvalue weighted by molar-refractivity contribution is 8.14. The molecule has 10 heteroatoms. The summed E-state index contributed by atoms with van der Waals surface area (Å²) in [7, 11) is 1.56. The Hall–Kier alpha value is -2.04. The third kappa shape index (κ3) is 4.49. The minimum absolute atomic E-state index is 0.0207. The number of hydrogen-bond acceptors (Lipinski definition) is 7. The molecule has 0 atom stereocenters. The topological polar surface area (TPSA) is 104 Å². The van der Waals surface area contributed by atoms with Crippen LogP contribution in [0.25, 0.3) is 10.2 Å². The Morgan fingerprint density at radius 1 is 1.46 bits per heavy atom. The molecule has 0 spiro atoms. The fourth-order valence-corrected chi connectivity index (χ4v) is 3.46. The maximum Gasteiger partial charge on any atom is 0.270 e. The monoisotopic (exact) mass is 369 g/mol. The van der Waals surface area contributed by atoms with E-state index in [1.807, 2.05) is 0 Å². The van der Waals surface area contributed by atoms with Crippen LogP contribution >= 0.6 is 23.1 Å². The van der Waals surface area contributed by atoms with Crippen molar-refractivity contribution < 1.29 is 19.2 Å². The van der Waals surface area contributed by atoms with Crippen molar-refractivity contribution in [3.05, 3.63) is 33.1 Å². The molecule has 8 nitrogen and oxygen atoms in total.